The van der Waals surface area contributed by atoms with Crippen LogP contribution in [0, 0.1) is 0 Å². The Hall–Kier alpha value is -3.33. The molecule has 2 aromatic carbocycles. The Morgan fingerprint density at radius 1 is 1.04 bits per heavy atom. The smallest absolute Gasteiger partial charge is 0.352 e. The Balaban J connectivity index is 2.01. The minimum Gasteiger partial charge on any atom is -0.352 e. The van der Waals surface area contributed by atoms with E-state index in [1.54, 1.807) is 48.5 Å². The van der Waals surface area contributed by atoms with Crippen molar-refractivity contribution in [3.8, 4) is 16.9 Å². The number of nitrogens with two attached hydrogens (primary N) is 2. The summed E-state index contributed by atoms with van der Waals surface area (Å²) in [6, 6.07) is 13.9. The minimum atomic E-state index is -4.57. The predicted octanol–water partition coefficient (Wildman–Crippen LogP) is 3.19. The highest BCUT2D eigenvalue weighted by Gasteiger charge is 2.35. The van der Waals surface area contributed by atoms with E-state index in [1.165, 1.54) is 4.68 Å². The summed E-state index contributed by atoms with van der Waals surface area (Å²) in [5, 5.41) is 6.20. The molecule has 0 fully saturated rings. The number of nitrogens with one attached hydrogen (secondary N) is 1. The summed E-state index contributed by atoms with van der Waals surface area (Å²) in [6.07, 6.45) is -4.57. The van der Waals surface area contributed by atoms with Crippen LogP contribution in [0.5, 0.6) is 0 Å². The normalized spacial score (nSPS) is 11.4. The maximum Gasteiger partial charge on any atom is 0.435 e. The maximum atomic E-state index is 13.2. The van der Waals surface area contributed by atoms with Crippen molar-refractivity contribution in [1.29, 1.82) is 0 Å². The maximum absolute atomic E-state index is 13.2. The second-order valence-corrected chi connectivity index (χ2v) is 6.11. The summed E-state index contributed by atoms with van der Waals surface area (Å²) >= 11 is 0. The minimum absolute atomic E-state index is 0.218. The van der Waals surface area contributed by atoms with E-state index < -0.39 is 17.9 Å². The Morgan fingerprint density at radius 3 is 2.18 bits per heavy atom. The van der Waals surface area contributed by atoms with E-state index in [0.29, 0.717) is 23.5 Å². The van der Waals surface area contributed by atoms with Gasteiger partial charge in [-0.2, -0.15) is 18.3 Å². The molecule has 0 bridgehead atoms. The van der Waals surface area contributed by atoms with Gasteiger partial charge in [-0.25, -0.2) is 9.48 Å². The number of hydrogen-bond donors (Lipinski definition) is 3. The molecule has 2 amide bonds. The second-order valence-electron chi connectivity index (χ2n) is 6.11. The third kappa shape index (κ3) is 4.32. The topological polar surface area (TPSA) is 99.0 Å². The van der Waals surface area contributed by atoms with Crippen LogP contribution in [0.15, 0.2) is 54.6 Å². The molecule has 146 valence electrons. The van der Waals surface area contributed by atoms with Gasteiger partial charge in [0.15, 0.2) is 5.69 Å². The standard InChI is InChI=1S/C19H18F3N5O/c20-19(21,22)17-9-16(14-5-1-12(10-23)2-6-14)27(26-17)15-7-3-13(4-8-15)11-25-18(24)28/h1-9H,10-11,23H2,(H3,24,25,28). The Kier molecular flexibility index (Phi) is 5.36. The molecule has 0 aliphatic rings. The molecule has 0 radical (unpaired) electrons. The second kappa shape index (κ2) is 7.73. The number of benzene rings is 2. The van der Waals surface area contributed by atoms with Gasteiger partial charge in [0.2, 0.25) is 0 Å². The molecule has 5 N–H and O–H groups in total. The number of carbonyl (C=O) groups is 1. The fourth-order valence-corrected chi connectivity index (χ4v) is 2.68. The Morgan fingerprint density at radius 2 is 1.64 bits per heavy atom. The van der Waals surface area contributed by atoms with Gasteiger partial charge in [-0.15, -0.1) is 0 Å². The highest BCUT2D eigenvalue weighted by molar-refractivity contribution is 5.71. The third-order valence-electron chi connectivity index (χ3n) is 4.13. The lowest BCUT2D eigenvalue weighted by atomic mass is 10.1. The molecule has 1 aromatic heterocycles. The summed E-state index contributed by atoms with van der Waals surface area (Å²) in [6.45, 7) is 0.560. The predicted molar refractivity (Wildman–Crippen MR) is 98.3 cm³/mol. The first-order valence-electron chi connectivity index (χ1n) is 8.37. The Labute approximate surface area is 159 Å². The molecule has 6 nitrogen and oxygen atoms in total. The largest absolute Gasteiger partial charge is 0.435 e. The van der Waals surface area contributed by atoms with Crippen LogP contribution < -0.4 is 16.8 Å². The first kappa shape index (κ1) is 19.4. The van der Waals surface area contributed by atoms with Crippen molar-refractivity contribution < 1.29 is 18.0 Å². The molecule has 28 heavy (non-hydrogen) atoms. The van der Waals surface area contributed by atoms with Gasteiger partial charge < -0.3 is 16.8 Å². The van der Waals surface area contributed by atoms with Crippen molar-refractivity contribution in [2.75, 3.05) is 0 Å². The van der Waals surface area contributed by atoms with Crippen molar-refractivity contribution in [3.05, 3.63) is 71.4 Å². The van der Waals surface area contributed by atoms with Crippen molar-refractivity contribution in [1.82, 2.24) is 15.1 Å². The van der Waals surface area contributed by atoms with E-state index in [1.807, 2.05) is 0 Å². The van der Waals surface area contributed by atoms with Crippen LogP contribution in [0.25, 0.3) is 16.9 Å². The van der Waals surface area contributed by atoms with Crippen LogP contribution >= 0.6 is 0 Å². The molecule has 0 saturated heterocycles. The van der Waals surface area contributed by atoms with E-state index in [9.17, 15) is 18.0 Å². The highest BCUT2D eigenvalue weighted by Crippen LogP contribution is 2.33. The molecule has 3 rings (SSSR count). The summed E-state index contributed by atoms with van der Waals surface area (Å²) in [4.78, 5) is 10.8. The zero-order chi connectivity index (χ0) is 20.3. The van der Waals surface area contributed by atoms with Gasteiger partial charge in [0.05, 0.1) is 11.4 Å². The monoisotopic (exact) mass is 389 g/mol. The summed E-state index contributed by atoms with van der Waals surface area (Å²) in [7, 11) is 0. The van der Waals surface area contributed by atoms with Crippen molar-refractivity contribution in [2.45, 2.75) is 19.3 Å². The molecule has 0 spiro atoms. The molecular formula is C19H18F3N5O. The molecule has 9 heteroatoms. The zero-order valence-electron chi connectivity index (χ0n) is 14.7. The quantitative estimate of drug-likeness (QED) is 0.625. The molecule has 0 unspecified atom stereocenters. The van der Waals surface area contributed by atoms with Crippen molar-refractivity contribution in [2.24, 2.45) is 11.5 Å². The van der Waals surface area contributed by atoms with Crippen LogP contribution in [-0.4, -0.2) is 15.8 Å². The summed E-state index contributed by atoms with van der Waals surface area (Å²) in [5.74, 6) is 0. The van der Waals surface area contributed by atoms with Crippen molar-refractivity contribution in [3.63, 3.8) is 0 Å². The lowest BCUT2D eigenvalue weighted by Gasteiger charge is -2.09. The average Bonchev–Trinajstić information content (AvgIpc) is 3.13. The number of amides is 2. The number of rotatable bonds is 5. The lowest BCUT2D eigenvalue weighted by molar-refractivity contribution is -0.141. The first-order chi connectivity index (χ1) is 13.3. The molecule has 0 aliphatic carbocycles. The number of urea groups is 1. The molecular weight excluding hydrogens is 371 g/mol. The average molecular weight is 389 g/mol. The van der Waals surface area contributed by atoms with Gasteiger partial charge in [-0.1, -0.05) is 36.4 Å². The van der Waals surface area contributed by atoms with E-state index in [4.69, 9.17) is 11.5 Å². The van der Waals surface area contributed by atoms with E-state index in [0.717, 1.165) is 17.2 Å². The van der Waals surface area contributed by atoms with Gasteiger partial charge >= 0.3 is 12.2 Å². The van der Waals surface area contributed by atoms with Crippen LogP contribution in [0.3, 0.4) is 0 Å². The zero-order valence-corrected chi connectivity index (χ0v) is 14.7. The number of carbonyl (C=O) groups excluding carboxylic acids is 1. The highest BCUT2D eigenvalue weighted by atomic mass is 19.4. The summed E-state index contributed by atoms with van der Waals surface area (Å²) < 4.78 is 40.9. The lowest BCUT2D eigenvalue weighted by Crippen LogP contribution is -2.28. The van der Waals surface area contributed by atoms with Gasteiger partial charge in [0.25, 0.3) is 0 Å². The van der Waals surface area contributed by atoms with E-state index in [-0.39, 0.29) is 6.54 Å². The van der Waals surface area contributed by atoms with Gasteiger partial charge in [-0.3, -0.25) is 0 Å². The fourth-order valence-electron chi connectivity index (χ4n) is 2.68. The number of halogens is 3. The number of hydrogen-bond acceptors (Lipinski definition) is 3. The van der Waals surface area contributed by atoms with Crippen LogP contribution in [0.1, 0.15) is 16.8 Å². The van der Waals surface area contributed by atoms with Crippen LogP contribution in [0.4, 0.5) is 18.0 Å². The number of aromatic nitrogens is 2. The van der Waals surface area contributed by atoms with Gasteiger partial charge in [-0.05, 0) is 29.3 Å². The molecule has 0 aliphatic heterocycles. The fraction of sp³-hybridized carbons (Fsp3) is 0.158. The number of nitrogens with zero attached hydrogens (tertiary/aromatic N) is 2. The van der Waals surface area contributed by atoms with Gasteiger partial charge in [0.1, 0.15) is 0 Å². The molecule has 0 saturated carbocycles. The molecule has 1 heterocycles. The first-order valence-corrected chi connectivity index (χ1v) is 8.37. The number of primary amides is 1. The summed E-state index contributed by atoms with van der Waals surface area (Å²) in [5.41, 5.74) is 12.6. The Bertz CT molecular complexity index is 963. The number of alkyl halides is 3. The van der Waals surface area contributed by atoms with Crippen molar-refractivity contribution >= 4 is 6.03 Å². The molecule has 0 atom stereocenters. The third-order valence-corrected chi connectivity index (χ3v) is 4.13. The molecule has 3 aromatic rings. The SMILES string of the molecule is NCc1ccc(-c2cc(C(F)(F)F)nn2-c2ccc(CNC(N)=O)cc2)cc1. The van der Waals surface area contributed by atoms with Crippen LogP contribution in [0.2, 0.25) is 0 Å². The van der Waals surface area contributed by atoms with Crippen LogP contribution in [-0.2, 0) is 19.3 Å². The van der Waals surface area contributed by atoms with E-state index >= 15 is 0 Å². The van der Waals surface area contributed by atoms with Gasteiger partial charge in [0, 0.05) is 18.7 Å². The van der Waals surface area contributed by atoms with E-state index in [2.05, 4.69) is 10.4 Å².